The summed E-state index contributed by atoms with van der Waals surface area (Å²) < 4.78 is 35.6. The molecule has 0 spiro atoms. The summed E-state index contributed by atoms with van der Waals surface area (Å²) in [5, 5.41) is 2.14. The van der Waals surface area contributed by atoms with Gasteiger partial charge in [0.1, 0.15) is 0 Å². The van der Waals surface area contributed by atoms with E-state index in [1.165, 1.54) is 6.92 Å². The van der Waals surface area contributed by atoms with Crippen LogP contribution in [-0.2, 0) is 4.79 Å². The second-order valence-electron chi connectivity index (χ2n) is 3.42. The average Bonchev–Trinajstić information content (AvgIpc) is 2.00. The van der Waals surface area contributed by atoms with Crippen molar-refractivity contribution in [3.05, 3.63) is 0 Å². The molecule has 0 bridgehead atoms. The van der Waals surface area contributed by atoms with Gasteiger partial charge in [0.25, 0.3) is 0 Å². The molecule has 0 fully saturated rings. The van der Waals surface area contributed by atoms with Gasteiger partial charge in [0.15, 0.2) is 0 Å². The van der Waals surface area contributed by atoms with Gasteiger partial charge >= 0.3 is 6.18 Å². The molecule has 0 aromatic heterocycles. The zero-order valence-electron chi connectivity index (χ0n) is 8.24. The zero-order chi connectivity index (χ0) is 11.4. The maximum Gasteiger partial charge on any atom is 0.401 e. The zero-order valence-corrected chi connectivity index (χ0v) is 8.24. The minimum absolute atomic E-state index is 0.290. The van der Waals surface area contributed by atoms with Crippen LogP contribution in [0.4, 0.5) is 13.2 Å². The van der Waals surface area contributed by atoms with Crippen LogP contribution in [0.3, 0.4) is 0 Å². The molecule has 6 heteroatoms. The number of amides is 1. The SMILES string of the molecule is CCCC(C)(NCC(F)(F)F)C(N)=O. The molecule has 3 N–H and O–H groups in total. The molecule has 3 nitrogen and oxygen atoms in total. The predicted molar refractivity (Wildman–Crippen MR) is 46.6 cm³/mol. The molecule has 0 saturated carbocycles. The van der Waals surface area contributed by atoms with E-state index < -0.39 is 24.2 Å². The van der Waals surface area contributed by atoms with Gasteiger partial charge in [0.05, 0.1) is 12.1 Å². The van der Waals surface area contributed by atoms with E-state index in [9.17, 15) is 18.0 Å². The molecular weight excluding hydrogens is 197 g/mol. The van der Waals surface area contributed by atoms with E-state index in [-0.39, 0.29) is 0 Å². The maximum absolute atomic E-state index is 11.9. The molecule has 1 unspecified atom stereocenters. The Balaban J connectivity index is 4.31. The molecule has 1 amide bonds. The third-order valence-electron chi connectivity index (χ3n) is 1.97. The van der Waals surface area contributed by atoms with Gasteiger partial charge in [-0.1, -0.05) is 13.3 Å². The van der Waals surface area contributed by atoms with Crippen molar-refractivity contribution in [2.24, 2.45) is 5.73 Å². The van der Waals surface area contributed by atoms with Crippen LogP contribution in [-0.4, -0.2) is 24.2 Å². The van der Waals surface area contributed by atoms with Crippen LogP contribution in [0, 0.1) is 0 Å². The standard InChI is InChI=1S/C8H15F3N2O/c1-3-4-7(2,6(12)14)13-5-8(9,10)11/h13H,3-5H2,1-2H3,(H2,12,14). The lowest BCUT2D eigenvalue weighted by Crippen LogP contribution is -2.55. The number of alkyl halides is 3. The van der Waals surface area contributed by atoms with E-state index in [2.05, 4.69) is 5.32 Å². The van der Waals surface area contributed by atoms with Gasteiger partial charge in [-0.25, -0.2) is 0 Å². The van der Waals surface area contributed by atoms with Crippen LogP contribution in [0.1, 0.15) is 26.7 Å². The lowest BCUT2D eigenvalue weighted by Gasteiger charge is -2.27. The first-order valence-electron chi connectivity index (χ1n) is 4.33. The maximum atomic E-state index is 11.9. The van der Waals surface area contributed by atoms with Gasteiger partial charge in [-0.2, -0.15) is 13.2 Å². The Bertz CT molecular complexity index is 205. The first-order valence-corrected chi connectivity index (χ1v) is 4.33. The molecule has 0 aliphatic carbocycles. The Morgan fingerprint density at radius 3 is 2.21 bits per heavy atom. The highest BCUT2D eigenvalue weighted by Gasteiger charge is 2.35. The molecule has 0 rings (SSSR count). The van der Waals surface area contributed by atoms with Crippen LogP contribution in [0.15, 0.2) is 0 Å². The van der Waals surface area contributed by atoms with Gasteiger partial charge in [0.2, 0.25) is 5.91 Å². The summed E-state index contributed by atoms with van der Waals surface area (Å²) in [5.41, 5.74) is 3.74. The number of halogens is 3. The fourth-order valence-corrected chi connectivity index (χ4v) is 1.09. The van der Waals surface area contributed by atoms with Gasteiger partial charge in [-0.15, -0.1) is 0 Å². The van der Waals surface area contributed by atoms with Crippen molar-refractivity contribution in [2.45, 2.75) is 38.4 Å². The van der Waals surface area contributed by atoms with Crippen molar-refractivity contribution < 1.29 is 18.0 Å². The fourth-order valence-electron chi connectivity index (χ4n) is 1.09. The molecule has 0 heterocycles. The number of hydrogen-bond donors (Lipinski definition) is 2. The average molecular weight is 212 g/mol. The summed E-state index contributed by atoms with van der Waals surface area (Å²) in [4.78, 5) is 10.9. The van der Waals surface area contributed by atoms with Gasteiger partial charge < -0.3 is 5.73 Å². The van der Waals surface area contributed by atoms with Crippen molar-refractivity contribution in [3.8, 4) is 0 Å². The Hall–Kier alpha value is -0.780. The summed E-state index contributed by atoms with van der Waals surface area (Å²) in [5.74, 6) is -0.761. The van der Waals surface area contributed by atoms with Crippen LogP contribution < -0.4 is 11.1 Å². The topological polar surface area (TPSA) is 55.1 Å². The predicted octanol–water partition coefficient (Wildman–Crippen LogP) is 1.18. The summed E-state index contributed by atoms with van der Waals surface area (Å²) in [7, 11) is 0. The number of carbonyl (C=O) groups excluding carboxylic acids is 1. The van der Waals surface area contributed by atoms with Crippen molar-refractivity contribution >= 4 is 5.91 Å². The molecule has 84 valence electrons. The van der Waals surface area contributed by atoms with E-state index in [0.717, 1.165) is 0 Å². The number of nitrogens with one attached hydrogen (secondary N) is 1. The van der Waals surface area contributed by atoms with Crippen LogP contribution >= 0.6 is 0 Å². The van der Waals surface area contributed by atoms with E-state index in [0.29, 0.717) is 12.8 Å². The highest BCUT2D eigenvalue weighted by atomic mass is 19.4. The molecule has 0 saturated heterocycles. The van der Waals surface area contributed by atoms with E-state index in [1.54, 1.807) is 6.92 Å². The van der Waals surface area contributed by atoms with Gasteiger partial charge in [-0.3, -0.25) is 10.1 Å². The number of carbonyl (C=O) groups is 1. The van der Waals surface area contributed by atoms with Crippen LogP contribution in [0.2, 0.25) is 0 Å². The number of nitrogens with two attached hydrogens (primary N) is 1. The smallest absolute Gasteiger partial charge is 0.368 e. The summed E-state index contributed by atoms with van der Waals surface area (Å²) in [6, 6.07) is 0. The third-order valence-corrected chi connectivity index (χ3v) is 1.97. The molecular formula is C8H15F3N2O. The first kappa shape index (κ1) is 13.2. The lowest BCUT2D eigenvalue weighted by molar-refractivity contribution is -0.135. The second kappa shape index (κ2) is 4.63. The normalized spacial score (nSPS) is 16.4. The number of primary amides is 1. The largest absolute Gasteiger partial charge is 0.401 e. The highest BCUT2D eigenvalue weighted by molar-refractivity contribution is 5.84. The Labute approximate surface area is 80.8 Å². The Kier molecular flexibility index (Phi) is 4.38. The number of rotatable bonds is 5. The summed E-state index contributed by atoms with van der Waals surface area (Å²) in [6.07, 6.45) is -3.45. The van der Waals surface area contributed by atoms with Crippen molar-refractivity contribution in [1.82, 2.24) is 5.32 Å². The van der Waals surface area contributed by atoms with Crippen molar-refractivity contribution in [1.29, 1.82) is 0 Å². The quantitative estimate of drug-likeness (QED) is 0.719. The molecule has 0 aromatic rings. The van der Waals surface area contributed by atoms with E-state index >= 15 is 0 Å². The second-order valence-corrected chi connectivity index (χ2v) is 3.42. The minimum Gasteiger partial charge on any atom is -0.368 e. The van der Waals surface area contributed by atoms with Crippen LogP contribution in [0.25, 0.3) is 0 Å². The highest BCUT2D eigenvalue weighted by Crippen LogP contribution is 2.17. The molecule has 0 radical (unpaired) electrons. The van der Waals surface area contributed by atoms with Crippen molar-refractivity contribution in [3.63, 3.8) is 0 Å². The van der Waals surface area contributed by atoms with Gasteiger partial charge in [-0.05, 0) is 13.3 Å². The molecule has 14 heavy (non-hydrogen) atoms. The Morgan fingerprint density at radius 1 is 1.43 bits per heavy atom. The summed E-state index contributed by atoms with van der Waals surface area (Å²) >= 11 is 0. The summed E-state index contributed by atoms with van der Waals surface area (Å²) in [6.45, 7) is 1.95. The fraction of sp³-hybridized carbons (Fsp3) is 0.875. The molecule has 0 aromatic carbocycles. The Morgan fingerprint density at radius 2 is 1.93 bits per heavy atom. The van der Waals surface area contributed by atoms with Crippen molar-refractivity contribution in [2.75, 3.05) is 6.54 Å². The number of hydrogen-bond acceptors (Lipinski definition) is 2. The van der Waals surface area contributed by atoms with Gasteiger partial charge in [0, 0.05) is 0 Å². The monoisotopic (exact) mass is 212 g/mol. The van der Waals surface area contributed by atoms with E-state index in [4.69, 9.17) is 5.73 Å². The molecule has 0 aliphatic rings. The lowest BCUT2D eigenvalue weighted by atomic mass is 9.95. The minimum atomic E-state index is -4.33. The molecule has 1 atom stereocenters. The third kappa shape index (κ3) is 4.45. The first-order chi connectivity index (χ1) is 6.21. The van der Waals surface area contributed by atoms with Crippen LogP contribution in [0.5, 0.6) is 0 Å². The molecule has 0 aliphatic heterocycles. The van der Waals surface area contributed by atoms with E-state index in [1.807, 2.05) is 0 Å².